The number of hydrogen-bond donors (Lipinski definition) is 0. The number of ether oxygens (including phenoxy) is 2. The van der Waals surface area contributed by atoms with Crippen molar-refractivity contribution in [1.29, 1.82) is 0 Å². The van der Waals surface area contributed by atoms with Crippen molar-refractivity contribution in [3.63, 3.8) is 0 Å². The van der Waals surface area contributed by atoms with Crippen molar-refractivity contribution in [1.82, 2.24) is 0 Å². The summed E-state index contributed by atoms with van der Waals surface area (Å²) in [7, 11) is 1.50. The molecule has 0 aliphatic carbocycles. The van der Waals surface area contributed by atoms with Crippen molar-refractivity contribution in [3.05, 3.63) is 94.3 Å². The summed E-state index contributed by atoms with van der Waals surface area (Å²) in [6.45, 7) is -0.351. The van der Waals surface area contributed by atoms with E-state index >= 15 is 0 Å². The summed E-state index contributed by atoms with van der Waals surface area (Å²) < 4.78 is 56.8. The summed E-state index contributed by atoms with van der Waals surface area (Å²) in [6, 6.07) is 17.8. The number of Topliss-reactive ketones (excluding diaryl/α,β-unsaturated/α-hetero) is 1. The molecular weight excluding hydrogens is 437 g/mol. The van der Waals surface area contributed by atoms with Gasteiger partial charge in [0.15, 0.2) is 12.4 Å². The van der Waals surface area contributed by atoms with Crippen LogP contribution in [0.25, 0.3) is 22.1 Å². The van der Waals surface area contributed by atoms with Crippen LogP contribution < -0.4 is 14.9 Å². The van der Waals surface area contributed by atoms with Crippen molar-refractivity contribution < 1.29 is 31.9 Å². The molecule has 5 nitrogen and oxygen atoms in total. The lowest BCUT2D eigenvalue weighted by atomic mass is 10.0. The molecule has 1 heterocycles. The molecular formula is C25H17F3O5. The van der Waals surface area contributed by atoms with E-state index in [0.717, 1.165) is 0 Å². The van der Waals surface area contributed by atoms with Gasteiger partial charge in [-0.3, -0.25) is 9.59 Å². The monoisotopic (exact) mass is 454 g/mol. The van der Waals surface area contributed by atoms with E-state index in [-0.39, 0.29) is 34.7 Å². The zero-order chi connectivity index (χ0) is 23.6. The van der Waals surface area contributed by atoms with Gasteiger partial charge in [-0.05, 0) is 42.0 Å². The largest absolute Gasteiger partial charge is 0.497 e. The minimum absolute atomic E-state index is 0.0318. The maximum absolute atomic E-state index is 13.7. The van der Waals surface area contributed by atoms with Gasteiger partial charge in [-0.1, -0.05) is 30.3 Å². The smallest absolute Gasteiger partial charge is 0.450 e. The first-order valence-electron chi connectivity index (χ1n) is 9.81. The molecule has 8 heteroatoms. The Labute approximate surface area is 186 Å². The highest BCUT2D eigenvalue weighted by atomic mass is 19.4. The van der Waals surface area contributed by atoms with Crippen LogP contribution in [0.1, 0.15) is 16.1 Å². The van der Waals surface area contributed by atoms with Gasteiger partial charge in [0, 0.05) is 11.6 Å². The van der Waals surface area contributed by atoms with Crippen LogP contribution in [0.3, 0.4) is 0 Å². The summed E-state index contributed by atoms with van der Waals surface area (Å²) in [5, 5.41) is -0.0318. The van der Waals surface area contributed by atoms with Crippen LogP contribution in [0.2, 0.25) is 0 Å². The van der Waals surface area contributed by atoms with Crippen LogP contribution in [0, 0.1) is 0 Å². The Bertz CT molecular complexity index is 1360. The number of hydrogen-bond acceptors (Lipinski definition) is 5. The molecule has 4 aromatic rings. The molecule has 0 unspecified atom stereocenters. The molecule has 0 bridgehead atoms. The van der Waals surface area contributed by atoms with E-state index in [4.69, 9.17) is 13.9 Å². The number of carbonyl (C=O) groups excluding carboxylic acids is 1. The van der Waals surface area contributed by atoms with Gasteiger partial charge < -0.3 is 13.9 Å². The first-order valence-corrected chi connectivity index (χ1v) is 9.81. The Hall–Kier alpha value is -4.07. The van der Waals surface area contributed by atoms with Gasteiger partial charge in [-0.2, -0.15) is 13.2 Å². The number of fused-ring (bicyclic) bond motifs is 1. The van der Waals surface area contributed by atoms with Gasteiger partial charge in [0.05, 0.1) is 18.1 Å². The van der Waals surface area contributed by atoms with Crippen molar-refractivity contribution in [3.8, 4) is 22.6 Å². The number of ketones is 1. The van der Waals surface area contributed by atoms with Crippen molar-refractivity contribution in [2.24, 2.45) is 0 Å². The molecule has 0 saturated carbocycles. The Morgan fingerprint density at radius 3 is 2.24 bits per heavy atom. The molecule has 0 N–H and O–H groups in total. The molecule has 3 aromatic carbocycles. The summed E-state index contributed by atoms with van der Waals surface area (Å²) in [5.41, 5.74) is -1.17. The lowest BCUT2D eigenvalue weighted by molar-refractivity contribution is -0.152. The summed E-state index contributed by atoms with van der Waals surface area (Å²) in [6.07, 6.45) is -4.89. The molecule has 0 spiro atoms. The average molecular weight is 454 g/mol. The molecule has 168 valence electrons. The number of rotatable bonds is 6. The molecule has 0 fully saturated rings. The first kappa shape index (κ1) is 22.1. The van der Waals surface area contributed by atoms with Crippen molar-refractivity contribution in [2.45, 2.75) is 6.18 Å². The Morgan fingerprint density at radius 2 is 1.61 bits per heavy atom. The van der Waals surface area contributed by atoms with Gasteiger partial charge in [0.1, 0.15) is 17.1 Å². The maximum Gasteiger partial charge on any atom is 0.450 e. The van der Waals surface area contributed by atoms with Crippen LogP contribution in [0.4, 0.5) is 13.2 Å². The van der Waals surface area contributed by atoms with E-state index in [1.54, 1.807) is 30.3 Å². The molecule has 0 aliphatic heterocycles. The van der Waals surface area contributed by atoms with Crippen molar-refractivity contribution >= 4 is 16.8 Å². The molecule has 0 aliphatic rings. The van der Waals surface area contributed by atoms with E-state index in [9.17, 15) is 22.8 Å². The predicted molar refractivity (Wildman–Crippen MR) is 116 cm³/mol. The topological polar surface area (TPSA) is 65.7 Å². The van der Waals surface area contributed by atoms with Gasteiger partial charge in [-0.25, -0.2) is 0 Å². The van der Waals surface area contributed by atoms with E-state index in [2.05, 4.69) is 0 Å². The molecule has 4 rings (SSSR count). The van der Waals surface area contributed by atoms with E-state index in [0.29, 0.717) is 11.3 Å². The minimum Gasteiger partial charge on any atom is -0.497 e. The van der Waals surface area contributed by atoms with Crippen LogP contribution in [-0.4, -0.2) is 19.5 Å². The fourth-order valence-electron chi connectivity index (χ4n) is 3.34. The minimum atomic E-state index is -4.89. The van der Waals surface area contributed by atoms with Crippen molar-refractivity contribution in [2.75, 3.05) is 13.7 Å². The highest BCUT2D eigenvalue weighted by Crippen LogP contribution is 2.37. The van der Waals surface area contributed by atoms with Gasteiger partial charge in [0.2, 0.25) is 11.2 Å². The van der Waals surface area contributed by atoms with Crippen LogP contribution >= 0.6 is 0 Å². The lowest BCUT2D eigenvalue weighted by Gasteiger charge is -2.13. The SMILES string of the molecule is COc1ccc(C(=O)COc2ccc3c(=O)c(-c4ccccc4)c(C(F)(F)F)oc3c2)cc1. The number of carbonyl (C=O) groups is 1. The molecule has 1 aromatic heterocycles. The average Bonchev–Trinajstić information content (AvgIpc) is 2.82. The van der Waals surface area contributed by atoms with Crippen LogP contribution in [0.15, 0.2) is 82.0 Å². The summed E-state index contributed by atoms with van der Waals surface area (Å²) in [5.74, 6) is -1.05. The highest BCUT2D eigenvalue weighted by molar-refractivity contribution is 5.97. The number of benzene rings is 3. The Morgan fingerprint density at radius 1 is 0.939 bits per heavy atom. The van der Waals surface area contributed by atoms with E-state index < -0.39 is 22.9 Å². The fourth-order valence-corrected chi connectivity index (χ4v) is 3.34. The number of halogens is 3. The number of methoxy groups -OCH3 is 1. The summed E-state index contributed by atoms with van der Waals surface area (Å²) >= 11 is 0. The Balaban J connectivity index is 1.67. The second-order valence-corrected chi connectivity index (χ2v) is 7.10. The predicted octanol–water partition coefficient (Wildman–Crippen LogP) is 5.75. The van der Waals surface area contributed by atoms with E-state index in [1.807, 2.05) is 0 Å². The standard InChI is InChI=1S/C25H17F3O5/c1-31-17-9-7-15(8-10-17)20(29)14-32-18-11-12-19-21(13-18)33-24(25(26,27)28)22(23(19)30)16-5-3-2-4-6-16/h2-13H,14H2,1H3. The third-order valence-electron chi connectivity index (χ3n) is 4.97. The molecule has 0 amide bonds. The molecule has 0 atom stereocenters. The van der Waals surface area contributed by atoms with Crippen LogP contribution in [0.5, 0.6) is 11.5 Å². The van der Waals surface area contributed by atoms with Crippen LogP contribution in [-0.2, 0) is 6.18 Å². The highest BCUT2D eigenvalue weighted by Gasteiger charge is 2.39. The fraction of sp³-hybridized carbons (Fsp3) is 0.120. The third-order valence-corrected chi connectivity index (χ3v) is 4.97. The zero-order valence-electron chi connectivity index (χ0n) is 17.3. The van der Waals surface area contributed by atoms with E-state index in [1.165, 1.54) is 49.6 Å². The number of alkyl halides is 3. The Kier molecular flexibility index (Phi) is 5.91. The van der Waals surface area contributed by atoms with Gasteiger partial charge in [-0.15, -0.1) is 0 Å². The van der Waals surface area contributed by atoms with Gasteiger partial charge in [0.25, 0.3) is 0 Å². The van der Waals surface area contributed by atoms with Gasteiger partial charge >= 0.3 is 6.18 Å². The maximum atomic E-state index is 13.7. The first-order chi connectivity index (χ1) is 15.8. The normalized spacial score (nSPS) is 11.4. The molecule has 0 saturated heterocycles. The molecule has 0 radical (unpaired) electrons. The quantitative estimate of drug-likeness (QED) is 0.347. The second-order valence-electron chi connectivity index (χ2n) is 7.10. The lowest BCUT2D eigenvalue weighted by Crippen LogP contribution is -2.16. The summed E-state index contributed by atoms with van der Waals surface area (Å²) in [4.78, 5) is 25.3. The zero-order valence-corrected chi connectivity index (χ0v) is 17.3. The molecule has 33 heavy (non-hydrogen) atoms. The second kappa shape index (κ2) is 8.82. The third kappa shape index (κ3) is 4.59.